The lowest BCUT2D eigenvalue weighted by Crippen LogP contribution is -2.40. The molecule has 162 valence electrons. The van der Waals surface area contributed by atoms with Gasteiger partial charge in [0.15, 0.2) is 5.11 Å². The zero-order chi connectivity index (χ0) is 21.8. The maximum Gasteiger partial charge on any atom is 0.253 e. The number of pyridine rings is 1. The summed E-state index contributed by atoms with van der Waals surface area (Å²) in [5.74, 6) is 0.709. The number of aromatic nitrogens is 1. The van der Waals surface area contributed by atoms with Gasteiger partial charge in [0.2, 0.25) is 0 Å². The van der Waals surface area contributed by atoms with Crippen LogP contribution in [-0.4, -0.2) is 41.4 Å². The first kappa shape index (κ1) is 21.3. The van der Waals surface area contributed by atoms with E-state index in [1.807, 2.05) is 60.4 Å². The molecular weight excluding hydrogens is 410 g/mol. The van der Waals surface area contributed by atoms with Crippen molar-refractivity contribution >= 4 is 33.9 Å². The number of aromatic amines is 1. The van der Waals surface area contributed by atoms with Gasteiger partial charge in [-0.05, 0) is 67.2 Å². The largest absolute Gasteiger partial charge is 0.495 e. The molecule has 1 aliphatic heterocycles. The Morgan fingerprint density at radius 3 is 2.90 bits per heavy atom. The molecule has 2 aromatic carbocycles. The van der Waals surface area contributed by atoms with E-state index in [0.29, 0.717) is 29.5 Å². The molecule has 1 saturated heterocycles. The molecular formula is C24H27N3O3S. The minimum Gasteiger partial charge on any atom is -0.495 e. The number of rotatable bonds is 6. The lowest BCUT2D eigenvalue weighted by Gasteiger charge is -2.28. The second-order valence-corrected chi connectivity index (χ2v) is 8.25. The fourth-order valence-corrected chi connectivity index (χ4v) is 4.13. The van der Waals surface area contributed by atoms with Crippen molar-refractivity contribution in [2.24, 2.45) is 0 Å². The third-order valence-corrected chi connectivity index (χ3v) is 5.88. The molecule has 1 fully saturated rings. The predicted octanol–water partition coefficient (Wildman–Crippen LogP) is 4.22. The monoisotopic (exact) mass is 437 g/mol. The minimum atomic E-state index is -0.101. The summed E-state index contributed by atoms with van der Waals surface area (Å²) in [6.45, 7) is 3.78. The van der Waals surface area contributed by atoms with Gasteiger partial charge in [-0.15, -0.1) is 0 Å². The highest BCUT2D eigenvalue weighted by atomic mass is 32.1. The minimum absolute atomic E-state index is 0.0969. The molecule has 3 aromatic rings. The topological polar surface area (TPSA) is 66.6 Å². The number of aryl methyl sites for hydroxylation is 1. The molecule has 7 heteroatoms. The van der Waals surface area contributed by atoms with E-state index >= 15 is 0 Å². The standard InChI is InChI=1S/C24H27N3O3S/c1-16-9-10-17-13-18(23(28)25-21(17)12-16)14-27(15-19-6-5-11-30-19)24(31)26-20-7-3-4-8-22(20)29-2/h3-4,7-10,12-13,19H,5-6,11,14-15H2,1-2H3,(H,25,28)(H,26,31)/t19-/m0/s1. The Balaban J connectivity index is 1.61. The molecule has 0 aliphatic carbocycles. The molecule has 31 heavy (non-hydrogen) atoms. The van der Waals surface area contributed by atoms with Gasteiger partial charge >= 0.3 is 0 Å². The number of anilines is 1. The fourth-order valence-electron chi connectivity index (χ4n) is 3.88. The van der Waals surface area contributed by atoms with Gasteiger partial charge in [-0.25, -0.2) is 0 Å². The Hall–Kier alpha value is -2.90. The Kier molecular flexibility index (Phi) is 6.53. The lowest BCUT2D eigenvalue weighted by molar-refractivity contribution is 0.0904. The van der Waals surface area contributed by atoms with E-state index in [1.54, 1.807) is 7.11 Å². The van der Waals surface area contributed by atoms with E-state index in [9.17, 15) is 4.79 Å². The normalized spacial score (nSPS) is 15.7. The van der Waals surface area contributed by atoms with Crippen LogP contribution in [0.25, 0.3) is 10.9 Å². The summed E-state index contributed by atoms with van der Waals surface area (Å²) in [7, 11) is 1.63. The van der Waals surface area contributed by atoms with Crippen LogP contribution in [-0.2, 0) is 11.3 Å². The van der Waals surface area contributed by atoms with Crippen LogP contribution in [0.1, 0.15) is 24.0 Å². The third kappa shape index (κ3) is 5.06. The van der Waals surface area contributed by atoms with Crippen molar-refractivity contribution in [3.63, 3.8) is 0 Å². The summed E-state index contributed by atoms with van der Waals surface area (Å²) < 4.78 is 11.3. The summed E-state index contributed by atoms with van der Waals surface area (Å²) in [5, 5.41) is 4.82. The molecule has 2 heterocycles. The van der Waals surface area contributed by atoms with Crippen molar-refractivity contribution < 1.29 is 9.47 Å². The van der Waals surface area contributed by atoms with Crippen molar-refractivity contribution in [3.05, 3.63) is 70.0 Å². The van der Waals surface area contributed by atoms with E-state index in [1.165, 1.54) is 0 Å². The SMILES string of the molecule is COc1ccccc1NC(=S)N(Cc1cc2ccc(C)cc2[nH]c1=O)C[C@@H]1CCCO1. The number of benzene rings is 2. The molecule has 1 atom stereocenters. The second-order valence-electron chi connectivity index (χ2n) is 7.86. The summed E-state index contributed by atoms with van der Waals surface area (Å²) >= 11 is 5.75. The van der Waals surface area contributed by atoms with Gasteiger partial charge in [0.25, 0.3) is 5.56 Å². The molecule has 0 radical (unpaired) electrons. The number of hydrogen-bond donors (Lipinski definition) is 2. The van der Waals surface area contributed by atoms with Crippen LogP contribution in [0.15, 0.2) is 53.3 Å². The average Bonchev–Trinajstić information content (AvgIpc) is 3.27. The Labute approximate surface area is 187 Å². The number of nitrogens with zero attached hydrogens (tertiary/aromatic N) is 1. The molecule has 6 nitrogen and oxygen atoms in total. The number of fused-ring (bicyclic) bond motifs is 1. The molecule has 0 spiro atoms. The van der Waals surface area contributed by atoms with Crippen molar-refractivity contribution in [1.29, 1.82) is 0 Å². The van der Waals surface area contributed by atoms with E-state index in [0.717, 1.165) is 41.6 Å². The number of thiocarbonyl (C=S) groups is 1. The molecule has 0 saturated carbocycles. The van der Waals surface area contributed by atoms with Gasteiger partial charge in [0.1, 0.15) is 5.75 Å². The summed E-state index contributed by atoms with van der Waals surface area (Å²) in [5.41, 5.74) is 3.30. The summed E-state index contributed by atoms with van der Waals surface area (Å²) in [6, 6.07) is 15.6. The molecule has 1 aromatic heterocycles. The van der Waals surface area contributed by atoms with Crippen LogP contribution in [0.4, 0.5) is 5.69 Å². The molecule has 0 unspecified atom stereocenters. The Bertz CT molecular complexity index is 1140. The lowest BCUT2D eigenvalue weighted by atomic mass is 10.1. The first-order chi connectivity index (χ1) is 15.0. The van der Waals surface area contributed by atoms with E-state index in [2.05, 4.69) is 10.3 Å². The van der Waals surface area contributed by atoms with Crippen molar-refractivity contribution in [3.8, 4) is 5.75 Å². The summed E-state index contributed by atoms with van der Waals surface area (Å²) in [4.78, 5) is 17.8. The smallest absolute Gasteiger partial charge is 0.253 e. The van der Waals surface area contributed by atoms with Crippen molar-refractivity contribution in [1.82, 2.24) is 9.88 Å². The first-order valence-electron chi connectivity index (χ1n) is 10.5. The van der Waals surface area contributed by atoms with Crippen LogP contribution in [0.3, 0.4) is 0 Å². The van der Waals surface area contributed by atoms with Crippen LogP contribution in [0, 0.1) is 6.92 Å². The van der Waals surface area contributed by atoms with Crippen LogP contribution < -0.4 is 15.6 Å². The molecule has 4 rings (SSSR count). The van der Waals surface area contributed by atoms with Gasteiger partial charge in [0.05, 0.1) is 25.4 Å². The highest BCUT2D eigenvalue weighted by Gasteiger charge is 2.22. The number of H-pyrrole nitrogens is 1. The van der Waals surface area contributed by atoms with Crippen LogP contribution >= 0.6 is 12.2 Å². The number of ether oxygens (including phenoxy) is 2. The molecule has 0 amide bonds. The number of hydrogen-bond acceptors (Lipinski definition) is 4. The Morgan fingerprint density at radius 1 is 1.29 bits per heavy atom. The van der Waals surface area contributed by atoms with E-state index < -0.39 is 0 Å². The van der Waals surface area contributed by atoms with Gasteiger partial charge in [0, 0.05) is 24.2 Å². The van der Waals surface area contributed by atoms with Gasteiger partial charge in [-0.3, -0.25) is 4.79 Å². The van der Waals surface area contributed by atoms with Crippen molar-refractivity contribution in [2.75, 3.05) is 25.6 Å². The quantitative estimate of drug-likeness (QED) is 0.563. The number of methoxy groups -OCH3 is 1. The third-order valence-electron chi connectivity index (χ3n) is 5.52. The van der Waals surface area contributed by atoms with Crippen LogP contribution in [0.5, 0.6) is 5.75 Å². The zero-order valence-corrected chi connectivity index (χ0v) is 18.6. The maximum atomic E-state index is 12.8. The zero-order valence-electron chi connectivity index (χ0n) is 17.8. The van der Waals surface area contributed by atoms with Gasteiger partial charge in [-0.2, -0.15) is 0 Å². The van der Waals surface area contributed by atoms with Crippen molar-refractivity contribution in [2.45, 2.75) is 32.4 Å². The average molecular weight is 438 g/mol. The van der Waals surface area contributed by atoms with Crippen LogP contribution in [0.2, 0.25) is 0 Å². The fraction of sp³-hybridized carbons (Fsp3) is 0.333. The number of nitrogens with one attached hydrogen (secondary N) is 2. The molecule has 0 bridgehead atoms. The van der Waals surface area contributed by atoms with E-state index in [4.69, 9.17) is 21.7 Å². The second kappa shape index (κ2) is 9.49. The molecule has 1 aliphatic rings. The first-order valence-corrected chi connectivity index (χ1v) is 10.9. The van der Waals surface area contributed by atoms with Gasteiger partial charge < -0.3 is 24.7 Å². The van der Waals surface area contributed by atoms with E-state index in [-0.39, 0.29) is 11.7 Å². The Morgan fingerprint density at radius 2 is 2.13 bits per heavy atom. The van der Waals surface area contributed by atoms with Gasteiger partial charge in [-0.1, -0.05) is 24.3 Å². The summed E-state index contributed by atoms with van der Waals surface area (Å²) in [6.07, 6.45) is 2.13. The highest BCUT2D eigenvalue weighted by Crippen LogP contribution is 2.24. The predicted molar refractivity (Wildman–Crippen MR) is 128 cm³/mol. The highest BCUT2D eigenvalue weighted by molar-refractivity contribution is 7.80. The molecule has 2 N–H and O–H groups in total. The number of para-hydroxylation sites is 2. The maximum absolute atomic E-state index is 12.8.